The van der Waals surface area contributed by atoms with E-state index in [1.54, 1.807) is 61.0 Å². The number of aromatic nitrogens is 3. The van der Waals surface area contributed by atoms with Crippen LogP contribution in [0.5, 0.6) is 5.75 Å². The molecule has 4 aromatic heterocycles. The van der Waals surface area contributed by atoms with Crippen LogP contribution in [0.15, 0.2) is 103 Å². The molecule has 1 aliphatic rings. The van der Waals surface area contributed by atoms with Crippen molar-refractivity contribution in [3.05, 3.63) is 119 Å². The first kappa shape index (κ1) is 35.4. The lowest BCUT2D eigenvalue weighted by Crippen LogP contribution is -2.48. The van der Waals surface area contributed by atoms with Gasteiger partial charge in [0.1, 0.15) is 5.75 Å². The molecular formula is C39H36N8O4S2. The number of rotatable bonds is 11. The van der Waals surface area contributed by atoms with Gasteiger partial charge >= 0.3 is 0 Å². The molecule has 7 rings (SSSR count). The molecule has 3 N–H and O–H groups in total. The third-order valence-electron chi connectivity index (χ3n) is 8.75. The van der Waals surface area contributed by atoms with Crippen LogP contribution in [0, 0.1) is 0 Å². The van der Waals surface area contributed by atoms with Crippen LogP contribution in [0.4, 0.5) is 23.0 Å². The summed E-state index contributed by atoms with van der Waals surface area (Å²) in [6.45, 7) is 6.35. The zero-order chi connectivity index (χ0) is 36.7. The predicted molar refractivity (Wildman–Crippen MR) is 210 cm³/mol. The molecule has 3 amide bonds. The Morgan fingerprint density at radius 2 is 1.64 bits per heavy atom. The largest absolute Gasteiger partial charge is 0.495 e. The van der Waals surface area contributed by atoms with Crippen molar-refractivity contribution >= 4 is 63.4 Å². The predicted octanol–water partition coefficient (Wildman–Crippen LogP) is 7.36. The number of anilines is 4. The lowest BCUT2D eigenvalue weighted by molar-refractivity contribution is 0.0643. The zero-order valence-corrected chi connectivity index (χ0v) is 30.7. The molecule has 0 radical (unpaired) electrons. The summed E-state index contributed by atoms with van der Waals surface area (Å²) in [5, 5.41) is 10.9. The van der Waals surface area contributed by atoms with Crippen molar-refractivity contribution in [2.24, 2.45) is 0 Å². The van der Waals surface area contributed by atoms with E-state index in [0.29, 0.717) is 44.9 Å². The highest BCUT2D eigenvalue weighted by molar-refractivity contribution is 7.22. The van der Waals surface area contributed by atoms with Crippen molar-refractivity contribution in [2.45, 2.75) is 6.92 Å². The highest BCUT2D eigenvalue weighted by Gasteiger charge is 2.21. The summed E-state index contributed by atoms with van der Waals surface area (Å²) in [7, 11) is 1.55. The quantitative estimate of drug-likeness (QED) is 0.124. The lowest BCUT2D eigenvalue weighted by Gasteiger charge is -2.34. The molecule has 0 unspecified atom stereocenters. The molecule has 1 saturated heterocycles. The van der Waals surface area contributed by atoms with Crippen molar-refractivity contribution < 1.29 is 19.1 Å². The van der Waals surface area contributed by atoms with E-state index in [1.165, 1.54) is 23.7 Å². The number of ether oxygens (including phenoxy) is 1. The monoisotopic (exact) mass is 744 g/mol. The molecule has 53 heavy (non-hydrogen) atoms. The van der Waals surface area contributed by atoms with Gasteiger partial charge in [-0.25, -0.2) is 9.97 Å². The first-order chi connectivity index (χ1) is 25.9. The van der Waals surface area contributed by atoms with Crippen LogP contribution >= 0.6 is 22.7 Å². The smallest absolute Gasteiger partial charge is 0.265 e. The molecule has 0 saturated carbocycles. The fourth-order valence-corrected chi connectivity index (χ4v) is 7.59. The van der Waals surface area contributed by atoms with E-state index in [-0.39, 0.29) is 17.4 Å². The van der Waals surface area contributed by atoms with Crippen LogP contribution in [0.2, 0.25) is 0 Å². The fraction of sp³-hybridized carbons (Fsp3) is 0.179. The molecule has 5 heterocycles. The maximum Gasteiger partial charge on any atom is 0.265 e. The summed E-state index contributed by atoms with van der Waals surface area (Å²) in [4.78, 5) is 59.5. The normalized spacial score (nSPS) is 13.0. The maximum absolute atomic E-state index is 13.3. The van der Waals surface area contributed by atoms with Crippen molar-refractivity contribution in [2.75, 3.05) is 55.8 Å². The number of hydrogen-bond donors (Lipinski definition) is 3. The second-order valence-corrected chi connectivity index (χ2v) is 14.2. The van der Waals surface area contributed by atoms with E-state index in [1.807, 2.05) is 52.7 Å². The Morgan fingerprint density at radius 1 is 0.830 bits per heavy atom. The SMILES string of the molecule is CCN1CCN(C(=O)c2ccc(-c3ccnc(Nc4cc(NC(=O)c5cncc(NC(=O)c6ccc(-c7cccs7)s6)c5)ccc4OC)n3)cc2)CC1. The van der Waals surface area contributed by atoms with E-state index >= 15 is 0 Å². The summed E-state index contributed by atoms with van der Waals surface area (Å²) >= 11 is 3.02. The summed E-state index contributed by atoms with van der Waals surface area (Å²) in [5.41, 5.74) is 3.83. The van der Waals surface area contributed by atoms with Gasteiger partial charge in [0.05, 0.1) is 40.8 Å². The molecule has 6 aromatic rings. The third kappa shape index (κ3) is 8.41. The average Bonchev–Trinajstić information content (AvgIpc) is 3.92. The minimum Gasteiger partial charge on any atom is -0.495 e. The van der Waals surface area contributed by atoms with Gasteiger partial charge in [-0.05, 0) is 72.6 Å². The Balaban J connectivity index is 1.00. The minimum absolute atomic E-state index is 0.0324. The number of benzene rings is 2. The topological polar surface area (TPSA) is 142 Å². The number of methoxy groups -OCH3 is 1. The average molecular weight is 745 g/mol. The fourth-order valence-electron chi connectivity index (χ4n) is 5.86. The second-order valence-electron chi connectivity index (χ2n) is 12.1. The number of thiophene rings is 2. The highest BCUT2D eigenvalue weighted by Crippen LogP contribution is 2.33. The number of amides is 3. The molecule has 0 bridgehead atoms. The number of piperazine rings is 1. The number of nitrogens with zero attached hydrogens (tertiary/aromatic N) is 5. The molecule has 12 nitrogen and oxygen atoms in total. The summed E-state index contributed by atoms with van der Waals surface area (Å²) in [6.07, 6.45) is 4.58. The highest BCUT2D eigenvalue weighted by atomic mass is 32.1. The molecule has 14 heteroatoms. The lowest BCUT2D eigenvalue weighted by atomic mass is 10.1. The van der Waals surface area contributed by atoms with E-state index in [4.69, 9.17) is 9.72 Å². The number of likely N-dealkylation sites (N-methyl/N-ethyl adjacent to an activating group) is 1. The molecule has 0 spiro atoms. The summed E-state index contributed by atoms with van der Waals surface area (Å²) < 4.78 is 5.57. The molecule has 268 valence electrons. The first-order valence-electron chi connectivity index (χ1n) is 17.0. The maximum atomic E-state index is 13.3. The molecule has 1 fully saturated rings. The summed E-state index contributed by atoms with van der Waals surface area (Å²) in [5.74, 6) is 0.174. The zero-order valence-electron chi connectivity index (χ0n) is 29.0. The Labute approximate surface area is 314 Å². The van der Waals surface area contributed by atoms with Crippen molar-refractivity contribution in [3.63, 3.8) is 0 Å². The van der Waals surface area contributed by atoms with Crippen LogP contribution < -0.4 is 20.7 Å². The number of carbonyl (C=O) groups excluding carboxylic acids is 3. The second kappa shape index (κ2) is 16.2. The van der Waals surface area contributed by atoms with Crippen LogP contribution in [-0.4, -0.2) is 82.3 Å². The van der Waals surface area contributed by atoms with E-state index in [0.717, 1.165) is 48.0 Å². The van der Waals surface area contributed by atoms with Gasteiger partial charge in [0, 0.05) is 65.1 Å². The Bertz CT molecular complexity index is 2230. The summed E-state index contributed by atoms with van der Waals surface area (Å²) in [6, 6.07) is 23.7. The van der Waals surface area contributed by atoms with Crippen LogP contribution in [0.25, 0.3) is 21.0 Å². The van der Waals surface area contributed by atoms with Gasteiger partial charge in [-0.15, -0.1) is 22.7 Å². The number of pyridine rings is 1. The number of carbonyl (C=O) groups is 3. The van der Waals surface area contributed by atoms with Crippen LogP contribution in [-0.2, 0) is 0 Å². The van der Waals surface area contributed by atoms with Gasteiger partial charge in [-0.1, -0.05) is 25.1 Å². The third-order valence-corrected chi connectivity index (χ3v) is 10.9. The first-order valence-corrected chi connectivity index (χ1v) is 18.7. The Hall–Kier alpha value is -5.96. The van der Waals surface area contributed by atoms with Crippen LogP contribution in [0.1, 0.15) is 37.3 Å². The molecular weight excluding hydrogens is 709 g/mol. The van der Waals surface area contributed by atoms with Crippen molar-refractivity contribution in [3.8, 4) is 26.8 Å². The number of hydrogen-bond acceptors (Lipinski definition) is 11. The van der Waals surface area contributed by atoms with Gasteiger partial charge in [-0.3, -0.25) is 19.4 Å². The molecule has 1 aliphatic heterocycles. The molecule has 0 aliphatic carbocycles. The van der Waals surface area contributed by atoms with E-state index < -0.39 is 5.91 Å². The van der Waals surface area contributed by atoms with Gasteiger partial charge in [-0.2, -0.15) is 0 Å². The van der Waals surface area contributed by atoms with E-state index in [2.05, 4.69) is 37.7 Å². The Morgan fingerprint density at radius 3 is 2.40 bits per heavy atom. The van der Waals surface area contributed by atoms with E-state index in [9.17, 15) is 14.4 Å². The van der Waals surface area contributed by atoms with Crippen LogP contribution in [0.3, 0.4) is 0 Å². The van der Waals surface area contributed by atoms with Gasteiger partial charge in [0.15, 0.2) is 0 Å². The number of nitrogens with one attached hydrogen (secondary N) is 3. The standard InChI is InChI=1S/C39H36N8O4S2/c1-3-46-16-18-47(19-17-46)38(50)26-8-6-25(7-9-26)30-14-15-41-39(44-30)45-31-22-28(10-11-32(31)51-2)42-36(48)27-21-29(24-40-23-27)43-37(49)35-13-12-34(53-35)33-5-4-20-52-33/h4-15,20-24H,3,16-19H2,1-2H3,(H,42,48)(H,43,49)(H,41,44,45). The van der Waals surface area contributed by atoms with Gasteiger partial charge < -0.3 is 30.5 Å². The minimum atomic E-state index is -0.413. The van der Waals surface area contributed by atoms with Gasteiger partial charge in [0.2, 0.25) is 5.95 Å². The Kier molecular flexibility index (Phi) is 10.8. The van der Waals surface area contributed by atoms with Crippen molar-refractivity contribution in [1.29, 1.82) is 0 Å². The van der Waals surface area contributed by atoms with Gasteiger partial charge in [0.25, 0.3) is 17.7 Å². The molecule has 0 atom stereocenters. The molecule has 2 aromatic carbocycles. The van der Waals surface area contributed by atoms with Crippen molar-refractivity contribution in [1.82, 2.24) is 24.8 Å².